The molecule has 0 unspecified atom stereocenters. The lowest BCUT2D eigenvalue weighted by Crippen LogP contribution is -2.43. The zero-order valence-electron chi connectivity index (χ0n) is 17.1. The molecule has 152 valence electrons. The van der Waals surface area contributed by atoms with Gasteiger partial charge in [0.15, 0.2) is 0 Å². The maximum absolute atomic E-state index is 13.0. The Kier molecular flexibility index (Phi) is 5.24. The van der Waals surface area contributed by atoms with Gasteiger partial charge in [0.1, 0.15) is 12.2 Å². The van der Waals surface area contributed by atoms with Crippen molar-refractivity contribution < 1.29 is 9.53 Å². The normalized spacial score (nSPS) is 14.5. The van der Waals surface area contributed by atoms with Crippen molar-refractivity contribution in [3.8, 4) is 5.69 Å². The number of ether oxygens (including phenoxy) is 1. The molecule has 0 bridgehead atoms. The second kappa shape index (κ2) is 7.83. The molecule has 1 aliphatic rings. The highest BCUT2D eigenvalue weighted by molar-refractivity contribution is 5.86. The Labute approximate surface area is 169 Å². The van der Waals surface area contributed by atoms with Crippen LogP contribution >= 0.6 is 0 Å². The lowest BCUT2D eigenvalue weighted by atomic mass is 10.1. The molecular weight excluding hydrogens is 368 g/mol. The summed E-state index contributed by atoms with van der Waals surface area (Å²) in [6.45, 7) is 8.18. The third-order valence-electron chi connectivity index (χ3n) is 5.49. The lowest BCUT2D eigenvalue weighted by Gasteiger charge is -2.27. The summed E-state index contributed by atoms with van der Waals surface area (Å²) >= 11 is 0. The fourth-order valence-electron chi connectivity index (χ4n) is 3.89. The number of rotatable bonds is 4. The van der Waals surface area contributed by atoms with E-state index in [1.54, 1.807) is 20.2 Å². The van der Waals surface area contributed by atoms with Crippen molar-refractivity contribution in [3.05, 3.63) is 57.5 Å². The molecule has 4 rings (SSSR count). The summed E-state index contributed by atoms with van der Waals surface area (Å²) in [5, 5.41) is 5.68. The van der Waals surface area contributed by atoms with Crippen LogP contribution in [0.5, 0.6) is 0 Å². The van der Waals surface area contributed by atoms with Crippen LogP contribution in [0.2, 0.25) is 0 Å². The molecule has 0 spiro atoms. The van der Waals surface area contributed by atoms with Crippen molar-refractivity contribution >= 4 is 16.9 Å². The Morgan fingerprint density at radius 2 is 1.83 bits per heavy atom. The van der Waals surface area contributed by atoms with Crippen LogP contribution < -0.4 is 5.56 Å². The molecule has 0 saturated carbocycles. The van der Waals surface area contributed by atoms with Gasteiger partial charge in [-0.2, -0.15) is 5.10 Å². The number of hydrogen-bond acceptors (Lipinski definition) is 4. The molecule has 29 heavy (non-hydrogen) atoms. The van der Waals surface area contributed by atoms with Crippen LogP contribution in [-0.4, -0.2) is 51.5 Å². The van der Waals surface area contributed by atoms with Crippen LogP contribution in [0.1, 0.15) is 23.7 Å². The highest BCUT2D eigenvalue weighted by Crippen LogP contribution is 2.25. The molecule has 7 heteroatoms. The largest absolute Gasteiger partial charge is 0.378 e. The minimum absolute atomic E-state index is 0.00365. The third kappa shape index (κ3) is 3.58. The molecule has 3 aromatic rings. The van der Waals surface area contributed by atoms with E-state index in [-0.39, 0.29) is 18.0 Å². The highest BCUT2D eigenvalue weighted by atomic mass is 16.5. The number of hydrogen-bond donors (Lipinski definition) is 0. The molecule has 2 aromatic heterocycles. The summed E-state index contributed by atoms with van der Waals surface area (Å²) in [5.41, 5.74) is 4.33. The van der Waals surface area contributed by atoms with Gasteiger partial charge in [-0.1, -0.05) is 24.6 Å². The highest BCUT2D eigenvalue weighted by Gasteiger charge is 2.22. The van der Waals surface area contributed by atoms with Crippen molar-refractivity contribution in [2.24, 2.45) is 0 Å². The molecule has 0 N–H and O–H groups in total. The molecule has 1 aromatic carbocycles. The molecule has 1 amide bonds. The van der Waals surface area contributed by atoms with Gasteiger partial charge in [0, 0.05) is 24.5 Å². The number of aromatic nitrogens is 3. The van der Waals surface area contributed by atoms with Crippen LogP contribution in [0.4, 0.5) is 0 Å². The predicted molar refractivity (Wildman–Crippen MR) is 112 cm³/mol. The summed E-state index contributed by atoms with van der Waals surface area (Å²) < 4.78 is 8.69. The SMILES string of the molecule is CCc1cc(=O)n(CC(=O)N2CCOCC2)c2c1c(C)nn2-c1ccc(C)cc1. The Morgan fingerprint density at radius 1 is 1.14 bits per heavy atom. The number of morpholine rings is 1. The second-order valence-electron chi connectivity index (χ2n) is 7.47. The number of carbonyl (C=O) groups is 1. The molecule has 1 saturated heterocycles. The smallest absolute Gasteiger partial charge is 0.252 e. The summed E-state index contributed by atoms with van der Waals surface area (Å²) in [4.78, 5) is 27.7. The number of carbonyl (C=O) groups excluding carboxylic acids is 1. The number of nitrogens with zero attached hydrogens (tertiary/aromatic N) is 4. The van der Waals surface area contributed by atoms with Crippen LogP contribution in [0.15, 0.2) is 35.1 Å². The van der Waals surface area contributed by atoms with E-state index in [1.165, 1.54) is 0 Å². The topological polar surface area (TPSA) is 69.4 Å². The van der Waals surface area contributed by atoms with Gasteiger partial charge >= 0.3 is 0 Å². The number of pyridine rings is 1. The second-order valence-corrected chi connectivity index (χ2v) is 7.47. The van der Waals surface area contributed by atoms with Crippen molar-refractivity contribution in [3.63, 3.8) is 0 Å². The van der Waals surface area contributed by atoms with Gasteiger partial charge in [-0.25, -0.2) is 4.68 Å². The molecule has 0 radical (unpaired) electrons. The quantitative estimate of drug-likeness (QED) is 0.680. The lowest BCUT2D eigenvalue weighted by molar-refractivity contribution is -0.135. The molecule has 7 nitrogen and oxygen atoms in total. The van der Waals surface area contributed by atoms with E-state index in [2.05, 4.69) is 0 Å². The summed E-state index contributed by atoms with van der Waals surface area (Å²) in [6.07, 6.45) is 0.727. The van der Waals surface area contributed by atoms with Gasteiger partial charge in [0.2, 0.25) is 5.91 Å². The number of amides is 1. The maximum atomic E-state index is 13.0. The summed E-state index contributed by atoms with van der Waals surface area (Å²) in [6, 6.07) is 9.65. The molecular formula is C22H26N4O3. The van der Waals surface area contributed by atoms with Crippen molar-refractivity contribution in [2.45, 2.75) is 33.7 Å². The summed E-state index contributed by atoms with van der Waals surface area (Å²) in [7, 11) is 0. The monoisotopic (exact) mass is 394 g/mol. The predicted octanol–water partition coefficient (Wildman–Crippen LogP) is 2.23. The molecule has 0 atom stereocenters. The molecule has 1 aliphatic heterocycles. The zero-order valence-corrected chi connectivity index (χ0v) is 17.1. The van der Waals surface area contributed by atoms with E-state index >= 15 is 0 Å². The average Bonchev–Trinajstić information content (AvgIpc) is 3.08. The van der Waals surface area contributed by atoms with Gasteiger partial charge in [0.05, 0.1) is 24.6 Å². The van der Waals surface area contributed by atoms with E-state index in [1.807, 2.05) is 45.0 Å². The number of benzene rings is 1. The van der Waals surface area contributed by atoms with Crippen LogP contribution in [-0.2, 0) is 22.5 Å². The molecule has 1 fully saturated rings. The minimum Gasteiger partial charge on any atom is -0.378 e. The fraction of sp³-hybridized carbons (Fsp3) is 0.409. The van der Waals surface area contributed by atoms with E-state index in [9.17, 15) is 9.59 Å². The Morgan fingerprint density at radius 3 is 2.48 bits per heavy atom. The first-order chi connectivity index (χ1) is 14.0. The Hall–Kier alpha value is -2.93. The Bertz CT molecular complexity index is 1110. The maximum Gasteiger partial charge on any atom is 0.252 e. The van der Waals surface area contributed by atoms with Gasteiger partial charge < -0.3 is 9.64 Å². The first-order valence-corrected chi connectivity index (χ1v) is 10.0. The van der Waals surface area contributed by atoms with E-state index in [0.29, 0.717) is 32.0 Å². The van der Waals surface area contributed by atoms with E-state index in [0.717, 1.165) is 34.3 Å². The van der Waals surface area contributed by atoms with E-state index in [4.69, 9.17) is 9.84 Å². The first kappa shape index (κ1) is 19.4. The standard InChI is InChI=1S/C22H26N4O3/c1-4-17-13-19(27)25(14-20(28)24-9-11-29-12-10-24)22-21(17)16(3)23-26(22)18-7-5-15(2)6-8-18/h5-8,13H,4,9-12,14H2,1-3H3. The van der Waals surface area contributed by atoms with Crippen molar-refractivity contribution in [1.82, 2.24) is 19.2 Å². The van der Waals surface area contributed by atoms with Crippen LogP contribution in [0.3, 0.4) is 0 Å². The van der Waals surface area contributed by atoms with Gasteiger partial charge in [-0.15, -0.1) is 0 Å². The van der Waals surface area contributed by atoms with Crippen molar-refractivity contribution in [1.29, 1.82) is 0 Å². The fourth-order valence-corrected chi connectivity index (χ4v) is 3.89. The Balaban J connectivity index is 1.88. The third-order valence-corrected chi connectivity index (χ3v) is 5.49. The van der Waals surface area contributed by atoms with Gasteiger partial charge in [0.25, 0.3) is 5.56 Å². The van der Waals surface area contributed by atoms with Gasteiger partial charge in [-0.05, 0) is 38.0 Å². The van der Waals surface area contributed by atoms with Crippen LogP contribution in [0, 0.1) is 13.8 Å². The number of fused-ring (bicyclic) bond motifs is 1. The molecule has 3 heterocycles. The minimum atomic E-state index is -0.177. The average molecular weight is 394 g/mol. The van der Waals surface area contributed by atoms with Crippen LogP contribution in [0.25, 0.3) is 16.7 Å². The number of aryl methyl sites for hydroxylation is 3. The summed E-state index contributed by atoms with van der Waals surface area (Å²) in [5.74, 6) is -0.0738. The van der Waals surface area contributed by atoms with Gasteiger partial charge in [-0.3, -0.25) is 14.2 Å². The van der Waals surface area contributed by atoms with E-state index < -0.39 is 0 Å². The first-order valence-electron chi connectivity index (χ1n) is 10.0. The molecule has 0 aliphatic carbocycles. The zero-order chi connectivity index (χ0) is 20.5. The van der Waals surface area contributed by atoms with Crippen molar-refractivity contribution in [2.75, 3.05) is 26.3 Å².